The van der Waals surface area contributed by atoms with E-state index in [9.17, 15) is 4.79 Å². The van der Waals surface area contributed by atoms with Gasteiger partial charge in [-0.3, -0.25) is 0 Å². The molecule has 1 aromatic rings. The number of H-pyrrole nitrogens is 1. The predicted octanol–water partition coefficient (Wildman–Crippen LogP) is 2.47. The third-order valence-corrected chi connectivity index (χ3v) is 3.10. The van der Waals surface area contributed by atoms with Gasteiger partial charge in [0.25, 0.3) is 0 Å². The van der Waals surface area contributed by atoms with Crippen LogP contribution in [0, 0.1) is 0 Å². The monoisotopic (exact) mass is 191 g/mol. The van der Waals surface area contributed by atoms with Gasteiger partial charge in [-0.05, 0) is 43.6 Å². The van der Waals surface area contributed by atoms with Crippen molar-refractivity contribution in [3.8, 4) is 0 Å². The lowest BCUT2D eigenvalue weighted by Gasteiger charge is -1.95. The van der Waals surface area contributed by atoms with Crippen LogP contribution in [0.15, 0.2) is 6.07 Å². The van der Waals surface area contributed by atoms with E-state index >= 15 is 0 Å². The van der Waals surface area contributed by atoms with Gasteiger partial charge < -0.3 is 10.1 Å². The smallest absolute Gasteiger partial charge is 0.337 e. The van der Waals surface area contributed by atoms with Gasteiger partial charge in [0.05, 0.1) is 5.56 Å². The Morgan fingerprint density at radius 1 is 1.29 bits per heavy atom. The summed E-state index contributed by atoms with van der Waals surface area (Å²) in [4.78, 5) is 14.3. The standard InChI is InChI=1S/C11H13NO2/c13-11(14)8-5-9(6-1-2-6)12-10(8)7-3-4-7/h5-7,12H,1-4H2,(H,13,14). The number of aromatic nitrogens is 1. The molecule has 0 unspecified atom stereocenters. The van der Waals surface area contributed by atoms with Crippen molar-refractivity contribution < 1.29 is 9.90 Å². The number of rotatable bonds is 3. The minimum absolute atomic E-state index is 0.494. The van der Waals surface area contributed by atoms with Crippen LogP contribution in [-0.2, 0) is 0 Å². The molecule has 0 saturated heterocycles. The first kappa shape index (κ1) is 8.09. The zero-order valence-corrected chi connectivity index (χ0v) is 7.92. The summed E-state index contributed by atoms with van der Waals surface area (Å²) >= 11 is 0. The van der Waals surface area contributed by atoms with E-state index in [2.05, 4.69) is 4.98 Å². The molecular formula is C11H13NO2. The molecule has 2 saturated carbocycles. The van der Waals surface area contributed by atoms with E-state index in [4.69, 9.17) is 5.11 Å². The lowest BCUT2D eigenvalue weighted by molar-refractivity contribution is 0.0696. The largest absolute Gasteiger partial charge is 0.478 e. The van der Waals surface area contributed by atoms with Crippen LogP contribution in [0.3, 0.4) is 0 Å². The lowest BCUT2D eigenvalue weighted by atomic mass is 10.1. The summed E-state index contributed by atoms with van der Waals surface area (Å²) in [7, 11) is 0. The lowest BCUT2D eigenvalue weighted by Crippen LogP contribution is -1.98. The number of aromatic carboxylic acids is 1. The number of carboxylic acids is 1. The average molecular weight is 191 g/mol. The van der Waals surface area contributed by atoms with Gasteiger partial charge in [-0.1, -0.05) is 0 Å². The number of carboxylic acid groups (broad SMARTS) is 1. The summed E-state index contributed by atoms with van der Waals surface area (Å²) in [6, 6.07) is 1.84. The van der Waals surface area contributed by atoms with Gasteiger partial charge in [0.1, 0.15) is 0 Å². The van der Waals surface area contributed by atoms with E-state index in [0.29, 0.717) is 17.4 Å². The van der Waals surface area contributed by atoms with Crippen molar-refractivity contribution in [1.82, 2.24) is 4.98 Å². The second-order valence-corrected chi connectivity index (χ2v) is 4.41. The van der Waals surface area contributed by atoms with Crippen LogP contribution in [-0.4, -0.2) is 16.1 Å². The van der Waals surface area contributed by atoms with E-state index in [1.165, 1.54) is 12.8 Å². The molecule has 0 atom stereocenters. The number of hydrogen-bond donors (Lipinski definition) is 2. The van der Waals surface area contributed by atoms with Crippen LogP contribution < -0.4 is 0 Å². The molecule has 14 heavy (non-hydrogen) atoms. The third-order valence-electron chi connectivity index (χ3n) is 3.10. The fourth-order valence-electron chi connectivity index (χ4n) is 1.98. The summed E-state index contributed by atoms with van der Waals surface area (Å²) in [5.74, 6) is 0.323. The fraction of sp³-hybridized carbons (Fsp3) is 0.545. The molecular weight excluding hydrogens is 178 g/mol. The quantitative estimate of drug-likeness (QED) is 0.771. The molecule has 2 aliphatic rings. The molecule has 0 bridgehead atoms. The molecule has 2 fully saturated rings. The third kappa shape index (κ3) is 1.24. The number of hydrogen-bond acceptors (Lipinski definition) is 1. The number of carbonyl (C=O) groups is 1. The Bertz CT molecular complexity index is 386. The maximum Gasteiger partial charge on any atom is 0.337 e. The Hall–Kier alpha value is -1.25. The Morgan fingerprint density at radius 2 is 1.93 bits per heavy atom. The molecule has 2 aliphatic carbocycles. The Morgan fingerprint density at radius 3 is 2.43 bits per heavy atom. The van der Waals surface area contributed by atoms with Gasteiger partial charge in [0, 0.05) is 11.4 Å². The second kappa shape index (κ2) is 2.62. The first-order chi connectivity index (χ1) is 6.75. The molecule has 3 heteroatoms. The highest BCUT2D eigenvalue weighted by molar-refractivity contribution is 5.89. The van der Waals surface area contributed by atoms with Crippen molar-refractivity contribution in [3.63, 3.8) is 0 Å². The van der Waals surface area contributed by atoms with Crippen LogP contribution in [0.25, 0.3) is 0 Å². The fourth-order valence-corrected chi connectivity index (χ4v) is 1.98. The van der Waals surface area contributed by atoms with Crippen molar-refractivity contribution >= 4 is 5.97 Å². The molecule has 3 nitrogen and oxygen atoms in total. The van der Waals surface area contributed by atoms with Gasteiger partial charge in [-0.25, -0.2) is 4.79 Å². The Kier molecular flexibility index (Phi) is 1.52. The molecule has 0 amide bonds. The van der Waals surface area contributed by atoms with Crippen LogP contribution in [0.4, 0.5) is 0 Å². The van der Waals surface area contributed by atoms with Gasteiger partial charge in [0.15, 0.2) is 0 Å². The molecule has 1 heterocycles. The van der Waals surface area contributed by atoms with E-state index in [-0.39, 0.29) is 0 Å². The molecule has 1 aromatic heterocycles. The van der Waals surface area contributed by atoms with Gasteiger partial charge in [-0.15, -0.1) is 0 Å². The average Bonchev–Trinajstić information content (AvgIpc) is 3.03. The normalized spacial score (nSPS) is 21.1. The Balaban J connectivity index is 2.01. The van der Waals surface area contributed by atoms with E-state index in [1.807, 2.05) is 6.07 Å². The summed E-state index contributed by atoms with van der Waals surface area (Å²) in [6.07, 6.45) is 4.71. The summed E-state index contributed by atoms with van der Waals surface area (Å²) < 4.78 is 0. The van der Waals surface area contributed by atoms with Crippen LogP contribution >= 0.6 is 0 Å². The van der Waals surface area contributed by atoms with Gasteiger partial charge >= 0.3 is 5.97 Å². The summed E-state index contributed by atoms with van der Waals surface area (Å²) in [5.41, 5.74) is 2.62. The first-order valence-corrected chi connectivity index (χ1v) is 5.22. The first-order valence-electron chi connectivity index (χ1n) is 5.22. The van der Waals surface area contributed by atoms with Crippen molar-refractivity contribution in [2.45, 2.75) is 37.5 Å². The van der Waals surface area contributed by atoms with E-state index < -0.39 is 5.97 Å². The van der Waals surface area contributed by atoms with Crippen molar-refractivity contribution in [2.24, 2.45) is 0 Å². The summed E-state index contributed by atoms with van der Waals surface area (Å²) in [5, 5.41) is 9.04. The molecule has 0 spiro atoms. The molecule has 3 rings (SSSR count). The maximum atomic E-state index is 11.0. The molecule has 2 N–H and O–H groups in total. The van der Waals surface area contributed by atoms with Crippen molar-refractivity contribution in [1.29, 1.82) is 0 Å². The van der Waals surface area contributed by atoms with E-state index in [1.54, 1.807) is 0 Å². The van der Waals surface area contributed by atoms with Gasteiger partial charge in [-0.2, -0.15) is 0 Å². The van der Waals surface area contributed by atoms with Gasteiger partial charge in [0.2, 0.25) is 0 Å². The highest BCUT2D eigenvalue weighted by Crippen LogP contribution is 2.45. The number of aromatic amines is 1. The SMILES string of the molecule is O=C(O)c1cc(C2CC2)[nH]c1C1CC1. The topological polar surface area (TPSA) is 53.1 Å². The maximum absolute atomic E-state index is 11.0. The van der Waals surface area contributed by atoms with Crippen molar-refractivity contribution in [3.05, 3.63) is 23.0 Å². The Labute approximate surface area is 82.1 Å². The molecule has 0 aliphatic heterocycles. The van der Waals surface area contributed by atoms with Crippen LogP contribution in [0.5, 0.6) is 0 Å². The van der Waals surface area contributed by atoms with Crippen LogP contribution in [0.1, 0.15) is 59.3 Å². The highest BCUT2D eigenvalue weighted by atomic mass is 16.4. The minimum Gasteiger partial charge on any atom is -0.478 e. The molecule has 0 radical (unpaired) electrons. The number of nitrogens with one attached hydrogen (secondary N) is 1. The minimum atomic E-state index is -0.782. The summed E-state index contributed by atoms with van der Waals surface area (Å²) in [6.45, 7) is 0. The second-order valence-electron chi connectivity index (χ2n) is 4.41. The van der Waals surface area contributed by atoms with Crippen LogP contribution in [0.2, 0.25) is 0 Å². The zero-order valence-electron chi connectivity index (χ0n) is 7.92. The predicted molar refractivity (Wildman–Crippen MR) is 51.7 cm³/mol. The highest BCUT2D eigenvalue weighted by Gasteiger charge is 2.33. The zero-order chi connectivity index (χ0) is 9.71. The molecule has 0 aromatic carbocycles. The molecule has 74 valence electrons. The van der Waals surface area contributed by atoms with E-state index in [0.717, 1.165) is 24.2 Å². The van der Waals surface area contributed by atoms with Crippen molar-refractivity contribution in [2.75, 3.05) is 0 Å².